The lowest BCUT2D eigenvalue weighted by Gasteiger charge is -2.12. The molecule has 0 aliphatic carbocycles. The Morgan fingerprint density at radius 1 is 1.57 bits per heavy atom. The van der Waals surface area contributed by atoms with E-state index in [1.54, 1.807) is 0 Å². The lowest BCUT2D eigenvalue weighted by molar-refractivity contribution is 0.555. The summed E-state index contributed by atoms with van der Waals surface area (Å²) in [6.07, 6.45) is 0. The largest absolute Gasteiger partial charge is 0.329 e. The molecule has 0 fully saturated rings. The normalized spacial score (nSPS) is 12.9. The highest BCUT2D eigenvalue weighted by atomic mass is 127. The summed E-state index contributed by atoms with van der Waals surface area (Å²) in [6, 6.07) is 6.69. The fraction of sp³-hybridized carbons (Fsp3) is 0.400. The third-order valence-corrected chi connectivity index (χ3v) is 3.45. The van der Waals surface area contributed by atoms with E-state index in [4.69, 9.17) is 5.73 Å². The standard InChI is InChI=1S/C10H14BrIN2/c1-7(5-13)14-6-8-4-9(12)2-3-10(8)11/h2-4,7,14H,5-6,13H2,1H3/t7-/m1/s1. The number of halogens is 2. The molecule has 0 bridgehead atoms. The second-order valence-electron chi connectivity index (χ2n) is 3.25. The first-order chi connectivity index (χ1) is 6.63. The van der Waals surface area contributed by atoms with Gasteiger partial charge in [-0.2, -0.15) is 0 Å². The van der Waals surface area contributed by atoms with Gasteiger partial charge in [0.05, 0.1) is 0 Å². The molecule has 3 N–H and O–H groups in total. The van der Waals surface area contributed by atoms with Gasteiger partial charge in [0.15, 0.2) is 0 Å². The first-order valence-corrected chi connectivity index (χ1v) is 6.38. The van der Waals surface area contributed by atoms with Crippen LogP contribution in [0.4, 0.5) is 0 Å². The van der Waals surface area contributed by atoms with Crippen molar-refractivity contribution in [1.29, 1.82) is 0 Å². The molecule has 0 aliphatic rings. The lowest BCUT2D eigenvalue weighted by Crippen LogP contribution is -2.32. The van der Waals surface area contributed by atoms with Gasteiger partial charge in [0, 0.05) is 27.2 Å². The average molecular weight is 369 g/mol. The second kappa shape index (κ2) is 6.05. The van der Waals surface area contributed by atoms with Crippen LogP contribution in [-0.4, -0.2) is 12.6 Å². The van der Waals surface area contributed by atoms with E-state index < -0.39 is 0 Å². The summed E-state index contributed by atoms with van der Waals surface area (Å²) >= 11 is 5.84. The third kappa shape index (κ3) is 3.84. The summed E-state index contributed by atoms with van der Waals surface area (Å²) in [4.78, 5) is 0. The van der Waals surface area contributed by atoms with Gasteiger partial charge in [0.2, 0.25) is 0 Å². The van der Waals surface area contributed by atoms with Crippen molar-refractivity contribution in [2.75, 3.05) is 6.54 Å². The number of rotatable bonds is 4. The molecule has 0 aliphatic heterocycles. The van der Waals surface area contributed by atoms with Gasteiger partial charge < -0.3 is 11.1 Å². The van der Waals surface area contributed by atoms with E-state index >= 15 is 0 Å². The molecule has 1 aromatic rings. The molecule has 14 heavy (non-hydrogen) atoms. The van der Waals surface area contributed by atoms with Gasteiger partial charge in [-0.25, -0.2) is 0 Å². The fourth-order valence-corrected chi connectivity index (χ4v) is 1.99. The quantitative estimate of drug-likeness (QED) is 0.801. The van der Waals surface area contributed by atoms with Crippen LogP contribution in [-0.2, 0) is 6.54 Å². The van der Waals surface area contributed by atoms with Crippen LogP contribution >= 0.6 is 38.5 Å². The summed E-state index contributed by atoms with van der Waals surface area (Å²) in [5, 5.41) is 3.36. The zero-order valence-corrected chi connectivity index (χ0v) is 11.8. The Morgan fingerprint density at radius 2 is 2.29 bits per heavy atom. The van der Waals surface area contributed by atoms with Gasteiger partial charge in [-0.05, 0) is 53.3 Å². The van der Waals surface area contributed by atoms with Crippen LogP contribution in [0.15, 0.2) is 22.7 Å². The van der Waals surface area contributed by atoms with Gasteiger partial charge in [-0.1, -0.05) is 15.9 Å². The van der Waals surface area contributed by atoms with E-state index in [1.165, 1.54) is 9.13 Å². The van der Waals surface area contributed by atoms with Gasteiger partial charge in [0.25, 0.3) is 0 Å². The monoisotopic (exact) mass is 368 g/mol. The summed E-state index contributed by atoms with van der Waals surface area (Å²) in [7, 11) is 0. The molecule has 0 saturated carbocycles. The lowest BCUT2D eigenvalue weighted by atomic mass is 10.2. The molecule has 0 heterocycles. The molecule has 0 amide bonds. The Kier molecular flexibility index (Phi) is 5.36. The van der Waals surface area contributed by atoms with Crippen molar-refractivity contribution in [3.63, 3.8) is 0 Å². The molecule has 4 heteroatoms. The maximum Gasteiger partial charge on any atom is 0.0220 e. The molecule has 78 valence electrons. The summed E-state index contributed by atoms with van der Waals surface area (Å²) in [5.74, 6) is 0. The van der Waals surface area contributed by atoms with Crippen LogP contribution in [0, 0.1) is 3.57 Å². The summed E-state index contributed by atoms with van der Waals surface area (Å²) in [5.41, 5.74) is 6.80. The van der Waals surface area contributed by atoms with Crippen molar-refractivity contribution < 1.29 is 0 Å². The minimum absolute atomic E-state index is 0.361. The predicted octanol–water partition coefficient (Wildman–Crippen LogP) is 2.49. The Bertz CT molecular complexity index is 304. The maximum atomic E-state index is 5.53. The SMILES string of the molecule is C[C@H](CN)NCc1cc(I)ccc1Br. The van der Waals surface area contributed by atoms with E-state index in [9.17, 15) is 0 Å². The Balaban J connectivity index is 2.62. The third-order valence-electron chi connectivity index (χ3n) is 2.00. The van der Waals surface area contributed by atoms with Crippen LogP contribution in [0.3, 0.4) is 0 Å². The van der Waals surface area contributed by atoms with Crippen LogP contribution in [0.25, 0.3) is 0 Å². The second-order valence-corrected chi connectivity index (χ2v) is 5.35. The summed E-state index contributed by atoms with van der Waals surface area (Å²) in [6.45, 7) is 3.61. The van der Waals surface area contributed by atoms with Gasteiger partial charge >= 0.3 is 0 Å². The molecule has 0 radical (unpaired) electrons. The van der Waals surface area contributed by atoms with Crippen molar-refractivity contribution in [2.45, 2.75) is 19.5 Å². The molecule has 2 nitrogen and oxygen atoms in total. The molecule has 1 atom stereocenters. The number of benzene rings is 1. The highest BCUT2D eigenvalue weighted by molar-refractivity contribution is 14.1. The van der Waals surface area contributed by atoms with E-state index in [2.05, 4.69) is 69.0 Å². The summed E-state index contributed by atoms with van der Waals surface area (Å²) < 4.78 is 2.40. The minimum Gasteiger partial charge on any atom is -0.329 e. The molecular formula is C10H14BrIN2. The van der Waals surface area contributed by atoms with Crippen LogP contribution < -0.4 is 11.1 Å². The number of nitrogens with one attached hydrogen (secondary N) is 1. The smallest absolute Gasteiger partial charge is 0.0220 e. The maximum absolute atomic E-state index is 5.53. The Morgan fingerprint density at radius 3 is 2.93 bits per heavy atom. The van der Waals surface area contributed by atoms with Gasteiger partial charge in [0.1, 0.15) is 0 Å². The van der Waals surface area contributed by atoms with Crippen molar-refractivity contribution in [1.82, 2.24) is 5.32 Å². The van der Waals surface area contributed by atoms with Gasteiger partial charge in [-0.15, -0.1) is 0 Å². The topological polar surface area (TPSA) is 38.0 Å². The molecule has 0 spiro atoms. The molecule has 1 aromatic carbocycles. The highest BCUT2D eigenvalue weighted by Gasteiger charge is 2.02. The average Bonchev–Trinajstić information content (AvgIpc) is 2.19. The predicted molar refractivity (Wildman–Crippen MR) is 72.2 cm³/mol. The molecule has 0 saturated heterocycles. The Labute approximate surface area is 107 Å². The highest BCUT2D eigenvalue weighted by Crippen LogP contribution is 2.19. The van der Waals surface area contributed by atoms with Crippen molar-refractivity contribution in [2.24, 2.45) is 5.73 Å². The van der Waals surface area contributed by atoms with Crippen LogP contribution in [0.2, 0.25) is 0 Å². The van der Waals surface area contributed by atoms with Crippen LogP contribution in [0.1, 0.15) is 12.5 Å². The van der Waals surface area contributed by atoms with E-state index in [0.29, 0.717) is 12.6 Å². The molecule has 0 unspecified atom stereocenters. The van der Waals surface area contributed by atoms with Gasteiger partial charge in [-0.3, -0.25) is 0 Å². The number of hydrogen-bond donors (Lipinski definition) is 2. The van der Waals surface area contributed by atoms with Crippen molar-refractivity contribution in [3.05, 3.63) is 31.8 Å². The number of hydrogen-bond acceptors (Lipinski definition) is 2. The van der Waals surface area contributed by atoms with E-state index in [0.717, 1.165) is 11.0 Å². The molecule has 0 aromatic heterocycles. The van der Waals surface area contributed by atoms with Crippen molar-refractivity contribution in [3.8, 4) is 0 Å². The van der Waals surface area contributed by atoms with Crippen molar-refractivity contribution >= 4 is 38.5 Å². The molecule has 1 rings (SSSR count). The minimum atomic E-state index is 0.361. The van der Waals surface area contributed by atoms with E-state index in [-0.39, 0.29) is 0 Å². The zero-order valence-electron chi connectivity index (χ0n) is 8.06. The first kappa shape index (κ1) is 12.4. The zero-order chi connectivity index (χ0) is 10.6. The first-order valence-electron chi connectivity index (χ1n) is 4.51. The van der Waals surface area contributed by atoms with E-state index in [1.807, 2.05) is 0 Å². The van der Waals surface area contributed by atoms with Crippen LogP contribution in [0.5, 0.6) is 0 Å². The Hall–Kier alpha value is 0.350. The molecular weight excluding hydrogens is 355 g/mol. The number of nitrogens with two attached hydrogens (primary N) is 1. The fourth-order valence-electron chi connectivity index (χ4n) is 1.05.